The van der Waals surface area contributed by atoms with Gasteiger partial charge in [-0.2, -0.15) is 0 Å². The lowest BCUT2D eigenvalue weighted by molar-refractivity contribution is -0.139. The van der Waals surface area contributed by atoms with E-state index in [1.807, 2.05) is 13.8 Å². The maximum absolute atomic E-state index is 12.7. The van der Waals surface area contributed by atoms with E-state index in [2.05, 4.69) is 29.4 Å². The van der Waals surface area contributed by atoms with E-state index in [0.717, 1.165) is 25.9 Å². The monoisotopic (exact) mass is 311 g/mol. The van der Waals surface area contributed by atoms with Gasteiger partial charge in [-0.1, -0.05) is 13.8 Å². The van der Waals surface area contributed by atoms with Crippen LogP contribution in [-0.2, 0) is 14.3 Å². The highest BCUT2D eigenvalue weighted by Crippen LogP contribution is 2.19. The van der Waals surface area contributed by atoms with Crippen LogP contribution in [0.15, 0.2) is 0 Å². The Balaban J connectivity index is 2.03. The molecule has 2 N–H and O–H groups in total. The third-order valence-electron chi connectivity index (χ3n) is 4.34. The third kappa shape index (κ3) is 4.20. The molecule has 0 saturated carbocycles. The number of carbonyl (C=O) groups is 2. The van der Waals surface area contributed by atoms with Crippen molar-refractivity contribution in [3.63, 3.8) is 0 Å². The molecule has 2 heterocycles. The zero-order valence-electron chi connectivity index (χ0n) is 14.1. The highest BCUT2D eigenvalue weighted by atomic mass is 16.5. The number of hydrogen-bond donors (Lipinski definition) is 2. The van der Waals surface area contributed by atoms with Gasteiger partial charge in [0.25, 0.3) is 0 Å². The number of ether oxygens (including phenoxy) is 1. The average Bonchev–Trinajstić information content (AvgIpc) is 2.40. The lowest BCUT2D eigenvalue weighted by Crippen LogP contribution is -2.60. The number of rotatable bonds is 4. The number of hydrogen-bond acceptors (Lipinski definition) is 4. The average molecular weight is 311 g/mol. The predicted octanol–water partition coefficient (Wildman–Crippen LogP) is 0.515. The van der Waals surface area contributed by atoms with Crippen LogP contribution in [0.5, 0.6) is 0 Å². The van der Waals surface area contributed by atoms with Gasteiger partial charge in [-0.25, -0.2) is 0 Å². The summed E-state index contributed by atoms with van der Waals surface area (Å²) >= 11 is 0. The molecule has 4 atom stereocenters. The second-order valence-corrected chi connectivity index (χ2v) is 6.89. The zero-order valence-corrected chi connectivity index (χ0v) is 14.1. The molecule has 6 nitrogen and oxygen atoms in total. The molecular weight excluding hydrogens is 282 g/mol. The third-order valence-corrected chi connectivity index (χ3v) is 4.34. The van der Waals surface area contributed by atoms with E-state index in [1.165, 1.54) is 0 Å². The lowest BCUT2D eigenvalue weighted by atomic mass is 9.98. The standard InChI is InChI=1S/C16H29N3O3/c1-10(2)14(19-8-11(3)22-12(4)9-19)16(21)18-13-6-5-7-17-15(13)20/h10-14H,5-9H2,1-4H3,(H,17,20)(H,18,21). The highest BCUT2D eigenvalue weighted by molar-refractivity contribution is 5.90. The fourth-order valence-electron chi connectivity index (χ4n) is 3.50. The molecule has 0 aliphatic carbocycles. The summed E-state index contributed by atoms with van der Waals surface area (Å²) in [6.45, 7) is 10.4. The molecular formula is C16H29N3O3. The van der Waals surface area contributed by atoms with Crippen molar-refractivity contribution in [2.24, 2.45) is 5.92 Å². The first-order chi connectivity index (χ1) is 10.4. The fraction of sp³-hybridized carbons (Fsp3) is 0.875. The minimum Gasteiger partial charge on any atom is -0.373 e. The van der Waals surface area contributed by atoms with Gasteiger partial charge in [0, 0.05) is 19.6 Å². The van der Waals surface area contributed by atoms with Crippen LogP contribution in [0.1, 0.15) is 40.5 Å². The molecule has 22 heavy (non-hydrogen) atoms. The molecule has 0 aromatic heterocycles. The molecule has 0 bridgehead atoms. The van der Waals surface area contributed by atoms with Gasteiger partial charge >= 0.3 is 0 Å². The molecule has 4 unspecified atom stereocenters. The summed E-state index contributed by atoms with van der Waals surface area (Å²) in [6.07, 6.45) is 1.87. The summed E-state index contributed by atoms with van der Waals surface area (Å²) in [7, 11) is 0. The van der Waals surface area contributed by atoms with E-state index in [0.29, 0.717) is 6.54 Å². The summed E-state index contributed by atoms with van der Waals surface area (Å²) in [5, 5.41) is 5.76. The van der Waals surface area contributed by atoms with E-state index < -0.39 is 6.04 Å². The Hall–Kier alpha value is -1.14. The normalized spacial score (nSPS) is 31.7. The Labute approximate surface area is 132 Å². The van der Waals surface area contributed by atoms with Gasteiger partial charge in [0.05, 0.1) is 18.2 Å². The second kappa shape index (κ2) is 7.42. The minimum atomic E-state index is -0.390. The van der Waals surface area contributed by atoms with Crippen LogP contribution >= 0.6 is 0 Å². The molecule has 0 spiro atoms. The molecule has 126 valence electrons. The van der Waals surface area contributed by atoms with Crippen LogP contribution in [0, 0.1) is 5.92 Å². The number of nitrogens with one attached hydrogen (secondary N) is 2. The molecule has 2 fully saturated rings. The van der Waals surface area contributed by atoms with Crippen LogP contribution in [-0.4, -0.2) is 60.6 Å². The molecule has 0 radical (unpaired) electrons. The van der Waals surface area contributed by atoms with Gasteiger partial charge in [0.2, 0.25) is 11.8 Å². The molecule has 0 aromatic carbocycles. The molecule has 2 saturated heterocycles. The number of amides is 2. The number of morpholine rings is 1. The summed E-state index contributed by atoms with van der Waals surface area (Å²) in [6, 6.07) is -0.609. The number of carbonyl (C=O) groups excluding carboxylic acids is 2. The SMILES string of the molecule is CC1CN(C(C(=O)NC2CCCNC2=O)C(C)C)CC(C)O1. The quantitative estimate of drug-likeness (QED) is 0.794. The van der Waals surface area contributed by atoms with Crippen LogP contribution in [0.2, 0.25) is 0 Å². The first kappa shape index (κ1) is 17.2. The molecule has 2 amide bonds. The zero-order chi connectivity index (χ0) is 16.3. The van der Waals surface area contributed by atoms with Crippen molar-refractivity contribution in [1.29, 1.82) is 0 Å². The largest absolute Gasteiger partial charge is 0.373 e. The molecule has 6 heteroatoms. The first-order valence-corrected chi connectivity index (χ1v) is 8.36. The lowest BCUT2D eigenvalue weighted by Gasteiger charge is -2.41. The van der Waals surface area contributed by atoms with Crippen molar-refractivity contribution in [2.75, 3.05) is 19.6 Å². The van der Waals surface area contributed by atoms with E-state index in [4.69, 9.17) is 4.74 Å². The topological polar surface area (TPSA) is 70.7 Å². The minimum absolute atomic E-state index is 0.0432. The molecule has 2 aliphatic rings. The van der Waals surface area contributed by atoms with E-state index in [-0.39, 0.29) is 36.0 Å². The maximum Gasteiger partial charge on any atom is 0.242 e. The number of nitrogens with zero attached hydrogens (tertiary/aromatic N) is 1. The summed E-state index contributed by atoms with van der Waals surface area (Å²) in [5.74, 6) is 0.0771. The van der Waals surface area contributed by atoms with Gasteiger partial charge in [-0.05, 0) is 32.6 Å². The van der Waals surface area contributed by atoms with Crippen molar-refractivity contribution in [3.8, 4) is 0 Å². The molecule has 2 aliphatic heterocycles. The Bertz CT molecular complexity index is 403. The van der Waals surface area contributed by atoms with Gasteiger partial charge in [-0.3, -0.25) is 14.5 Å². The summed E-state index contributed by atoms with van der Waals surface area (Å²) < 4.78 is 5.76. The fourth-order valence-corrected chi connectivity index (χ4v) is 3.50. The predicted molar refractivity (Wildman–Crippen MR) is 84.4 cm³/mol. The Morgan fingerprint density at radius 3 is 2.50 bits per heavy atom. The Morgan fingerprint density at radius 1 is 1.32 bits per heavy atom. The van der Waals surface area contributed by atoms with Gasteiger partial charge in [0.1, 0.15) is 6.04 Å². The maximum atomic E-state index is 12.7. The van der Waals surface area contributed by atoms with Crippen molar-refractivity contribution in [1.82, 2.24) is 15.5 Å². The Morgan fingerprint density at radius 2 is 1.95 bits per heavy atom. The highest BCUT2D eigenvalue weighted by Gasteiger charge is 2.36. The van der Waals surface area contributed by atoms with Crippen molar-refractivity contribution >= 4 is 11.8 Å². The van der Waals surface area contributed by atoms with Crippen molar-refractivity contribution < 1.29 is 14.3 Å². The summed E-state index contributed by atoms with van der Waals surface area (Å²) in [4.78, 5) is 26.8. The Kier molecular flexibility index (Phi) is 5.81. The number of piperidine rings is 1. The first-order valence-electron chi connectivity index (χ1n) is 8.36. The second-order valence-electron chi connectivity index (χ2n) is 6.89. The van der Waals surface area contributed by atoms with Gasteiger partial charge in [-0.15, -0.1) is 0 Å². The summed E-state index contributed by atoms with van der Waals surface area (Å²) in [5.41, 5.74) is 0. The van der Waals surface area contributed by atoms with Gasteiger partial charge < -0.3 is 15.4 Å². The van der Waals surface area contributed by atoms with Crippen LogP contribution in [0.3, 0.4) is 0 Å². The molecule has 2 rings (SSSR count). The van der Waals surface area contributed by atoms with E-state index >= 15 is 0 Å². The van der Waals surface area contributed by atoms with Crippen LogP contribution in [0.4, 0.5) is 0 Å². The van der Waals surface area contributed by atoms with Crippen LogP contribution in [0.25, 0.3) is 0 Å². The van der Waals surface area contributed by atoms with E-state index in [1.54, 1.807) is 0 Å². The van der Waals surface area contributed by atoms with Crippen LogP contribution < -0.4 is 10.6 Å². The van der Waals surface area contributed by atoms with Crippen molar-refractivity contribution in [2.45, 2.75) is 64.8 Å². The smallest absolute Gasteiger partial charge is 0.242 e. The van der Waals surface area contributed by atoms with Gasteiger partial charge in [0.15, 0.2) is 0 Å². The van der Waals surface area contributed by atoms with Crippen molar-refractivity contribution in [3.05, 3.63) is 0 Å². The molecule has 0 aromatic rings. The van der Waals surface area contributed by atoms with E-state index in [9.17, 15) is 9.59 Å².